The topological polar surface area (TPSA) is 93.8 Å². The van der Waals surface area contributed by atoms with E-state index in [4.69, 9.17) is 5.73 Å². The van der Waals surface area contributed by atoms with E-state index in [-0.39, 0.29) is 23.7 Å². The number of carbonyl (C=O) groups excluding carboxylic acids is 1. The number of hydrogen-bond donors (Lipinski definition) is 2. The molecule has 1 amide bonds. The van der Waals surface area contributed by atoms with Crippen LogP contribution in [0.4, 0.5) is 5.95 Å². The van der Waals surface area contributed by atoms with E-state index in [0.29, 0.717) is 6.54 Å². The summed E-state index contributed by atoms with van der Waals surface area (Å²) < 4.78 is 0. The number of nitrogens with one attached hydrogen (secondary N) is 1. The first kappa shape index (κ1) is 11.5. The molecule has 0 aromatic carbocycles. The van der Waals surface area contributed by atoms with Gasteiger partial charge in [-0.2, -0.15) is 5.10 Å². The summed E-state index contributed by atoms with van der Waals surface area (Å²) in [5.74, 6) is 0.00239. The van der Waals surface area contributed by atoms with Gasteiger partial charge >= 0.3 is 0 Å². The molecule has 6 heteroatoms. The number of hydrogen-bond acceptors (Lipinski definition) is 5. The number of rotatable bonds is 4. The third-order valence-corrected chi connectivity index (χ3v) is 2.11. The summed E-state index contributed by atoms with van der Waals surface area (Å²) in [5.41, 5.74) is 5.51. The molecule has 1 rings (SSSR count). The molecule has 0 spiro atoms. The molecule has 6 nitrogen and oxygen atoms in total. The third kappa shape index (κ3) is 3.25. The summed E-state index contributed by atoms with van der Waals surface area (Å²) in [5, 5.41) is 9.84. The van der Waals surface area contributed by atoms with Gasteiger partial charge in [0.05, 0.1) is 18.3 Å². The molecule has 0 aliphatic carbocycles. The molecule has 3 N–H and O–H groups in total. The second kappa shape index (κ2) is 5.35. The minimum Gasteiger partial charge on any atom is -0.330 e. The van der Waals surface area contributed by atoms with Crippen molar-refractivity contribution in [2.24, 2.45) is 17.6 Å². The van der Waals surface area contributed by atoms with Gasteiger partial charge in [-0.05, 0) is 5.92 Å². The molecule has 1 aromatic heterocycles. The first-order chi connectivity index (χ1) is 7.15. The Morgan fingerprint density at radius 2 is 2.27 bits per heavy atom. The average Bonchev–Trinajstić information content (AvgIpc) is 2.19. The van der Waals surface area contributed by atoms with Crippen LogP contribution < -0.4 is 11.1 Å². The van der Waals surface area contributed by atoms with Crippen molar-refractivity contribution in [3.8, 4) is 0 Å². The summed E-state index contributed by atoms with van der Waals surface area (Å²) in [7, 11) is 0. The maximum atomic E-state index is 11.7. The van der Waals surface area contributed by atoms with Crippen molar-refractivity contribution in [3.05, 3.63) is 12.4 Å². The zero-order chi connectivity index (χ0) is 11.3. The average molecular weight is 209 g/mol. The fraction of sp³-hybridized carbons (Fsp3) is 0.556. The Balaban J connectivity index is 2.62. The van der Waals surface area contributed by atoms with E-state index in [1.54, 1.807) is 0 Å². The molecule has 0 aliphatic heterocycles. The van der Waals surface area contributed by atoms with Crippen molar-refractivity contribution >= 4 is 11.9 Å². The molecule has 0 saturated heterocycles. The van der Waals surface area contributed by atoms with Crippen LogP contribution in [-0.4, -0.2) is 27.6 Å². The van der Waals surface area contributed by atoms with Crippen LogP contribution in [0.25, 0.3) is 0 Å². The highest BCUT2D eigenvalue weighted by Gasteiger charge is 2.21. The van der Waals surface area contributed by atoms with E-state index >= 15 is 0 Å². The van der Waals surface area contributed by atoms with E-state index in [0.717, 1.165) is 0 Å². The molecule has 1 aromatic rings. The summed E-state index contributed by atoms with van der Waals surface area (Å²) in [6, 6.07) is 0. The van der Waals surface area contributed by atoms with Crippen molar-refractivity contribution in [1.29, 1.82) is 0 Å². The van der Waals surface area contributed by atoms with E-state index in [9.17, 15) is 4.79 Å². The van der Waals surface area contributed by atoms with Gasteiger partial charge in [0.25, 0.3) is 0 Å². The largest absolute Gasteiger partial charge is 0.330 e. The van der Waals surface area contributed by atoms with Gasteiger partial charge in [-0.25, -0.2) is 4.98 Å². The molecule has 0 aliphatic rings. The first-order valence-electron chi connectivity index (χ1n) is 4.79. The smallest absolute Gasteiger partial charge is 0.249 e. The number of anilines is 1. The Bertz CT molecular complexity index is 314. The quantitative estimate of drug-likeness (QED) is 0.730. The molecule has 82 valence electrons. The van der Waals surface area contributed by atoms with Gasteiger partial charge in [-0.3, -0.25) is 10.1 Å². The predicted molar refractivity (Wildman–Crippen MR) is 55.8 cm³/mol. The van der Waals surface area contributed by atoms with Crippen molar-refractivity contribution in [3.63, 3.8) is 0 Å². The summed E-state index contributed by atoms with van der Waals surface area (Å²) in [4.78, 5) is 15.5. The number of aromatic nitrogens is 3. The summed E-state index contributed by atoms with van der Waals surface area (Å²) >= 11 is 0. The normalized spacial score (nSPS) is 12.5. The highest BCUT2D eigenvalue weighted by atomic mass is 16.2. The molecule has 0 fully saturated rings. The van der Waals surface area contributed by atoms with Crippen molar-refractivity contribution in [2.45, 2.75) is 13.8 Å². The van der Waals surface area contributed by atoms with Crippen LogP contribution in [0, 0.1) is 11.8 Å². The predicted octanol–water partition coefficient (Wildman–Crippen LogP) is 0.0410. The third-order valence-electron chi connectivity index (χ3n) is 2.11. The minimum atomic E-state index is -0.228. The number of nitrogens with two attached hydrogens (primary N) is 1. The van der Waals surface area contributed by atoms with E-state index in [1.807, 2.05) is 13.8 Å². The van der Waals surface area contributed by atoms with Crippen molar-refractivity contribution in [1.82, 2.24) is 15.2 Å². The van der Waals surface area contributed by atoms with Crippen molar-refractivity contribution < 1.29 is 4.79 Å². The summed E-state index contributed by atoms with van der Waals surface area (Å²) in [6.07, 6.45) is 2.91. The SMILES string of the molecule is CC(C)C(CN)C(=O)Nc1nccnn1. The Morgan fingerprint density at radius 3 is 2.73 bits per heavy atom. The van der Waals surface area contributed by atoms with Crippen LogP contribution in [0.1, 0.15) is 13.8 Å². The molecule has 0 radical (unpaired) electrons. The fourth-order valence-electron chi connectivity index (χ4n) is 1.19. The van der Waals surface area contributed by atoms with Crippen LogP contribution in [0.3, 0.4) is 0 Å². The number of amides is 1. The standard InChI is InChI=1S/C9H15N5O/c1-6(2)7(5-10)8(15)13-9-11-3-4-12-14-9/h3-4,6-7H,5,10H2,1-2H3,(H,11,13,14,15). The molecule has 0 saturated carbocycles. The highest BCUT2D eigenvalue weighted by molar-refractivity contribution is 5.91. The monoisotopic (exact) mass is 209 g/mol. The van der Waals surface area contributed by atoms with Crippen molar-refractivity contribution in [2.75, 3.05) is 11.9 Å². The lowest BCUT2D eigenvalue weighted by Gasteiger charge is -2.16. The van der Waals surface area contributed by atoms with Gasteiger partial charge in [0, 0.05) is 6.54 Å². The van der Waals surface area contributed by atoms with Crippen LogP contribution >= 0.6 is 0 Å². The molecule has 1 unspecified atom stereocenters. The van der Waals surface area contributed by atoms with E-state index < -0.39 is 0 Å². The highest BCUT2D eigenvalue weighted by Crippen LogP contribution is 2.10. The Kier molecular flexibility index (Phi) is 4.11. The molecule has 1 heterocycles. The maximum Gasteiger partial charge on any atom is 0.249 e. The van der Waals surface area contributed by atoms with E-state index in [1.165, 1.54) is 12.4 Å². The molecule has 0 bridgehead atoms. The van der Waals surface area contributed by atoms with Crippen LogP contribution in [0.15, 0.2) is 12.4 Å². The molecule has 1 atom stereocenters. The van der Waals surface area contributed by atoms with Gasteiger partial charge in [-0.15, -0.1) is 5.10 Å². The molecular weight excluding hydrogens is 194 g/mol. The lowest BCUT2D eigenvalue weighted by atomic mass is 9.95. The Morgan fingerprint density at radius 1 is 1.53 bits per heavy atom. The first-order valence-corrected chi connectivity index (χ1v) is 4.79. The number of nitrogens with zero attached hydrogens (tertiary/aromatic N) is 3. The zero-order valence-corrected chi connectivity index (χ0v) is 8.84. The van der Waals surface area contributed by atoms with Gasteiger partial charge in [0.1, 0.15) is 0 Å². The van der Waals surface area contributed by atoms with Gasteiger partial charge in [-0.1, -0.05) is 13.8 Å². The fourth-order valence-corrected chi connectivity index (χ4v) is 1.19. The Labute approximate surface area is 88.3 Å². The van der Waals surface area contributed by atoms with Gasteiger partial charge in [0.15, 0.2) is 0 Å². The molecular formula is C9H15N5O. The zero-order valence-electron chi connectivity index (χ0n) is 8.84. The maximum absolute atomic E-state index is 11.7. The van der Waals surface area contributed by atoms with Crippen LogP contribution in [0.2, 0.25) is 0 Å². The Hall–Kier alpha value is -1.56. The van der Waals surface area contributed by atoms with Gasteiger partial charge < -0.3 is 5.73 Å². The van der Waals surface area contributed by atoms with Gasteiger partial charge in [0.2, 0.25) is 11.9 Å². The second-order valence-electron chi connectivity index (χ2n) is 3.54. The number of carbonyl (C=O) groups is 1. The lowest BCUT2D eigenvalue weighted by Crippen LogP contribution is -2.33. The summed E-state index contributed by atoms with van der Waals surface area (Å²) in [6.45, 7) is 4.20. The van der Waals surface area contributed by atoms with Crippen LogP contribution in [0.5, 0.6) is 0 Å². The minimum absolute atomic E-state index is 0.166. The molecule has 15 heavy (non-hydrogen) atoms. The second-order valence-corrected chi connectivity index (χ2v) is 3.54. The van der Waals surface area contributed by atoms with Crippen LogP contribution in [-0.2, 0) is 4.79 Å². The lowest BCUT2D eigenvalue weighted by molar-refractivity contribution is -0.120. The van der Waals surface area contributed by atoms with E-state index in [2.05, 4.69) is 20.5 Å².